The van der Waals surface area contributed by atoms with Gasteiger partial charge in [0.2, 0.25) is 0 Å². The number of para-hydroxylation sites is 3. The van der Waals surface area contributed by atoms with E-state index in [2.05, 4.69) is 106 Å². The molecule has 7 unspecified atom stereocenters. The van der Waals surface area contributed by atoms with E-state index in [1.807, 2.05) is 180 Å². The molecule has 10 aromatic carbocycles. The van der Waals surface area contributed by atoms with E-state index in [9.17, 15) is 9.59 Å². The Balaban J connectivity index is 0.000000119. The smallest absolute Gasteiger partial charge is 0.260 e. The molecule has 546 valence electrons. The first kappa shape index (κ1) is 69.7. The maximum atomic E-state index is 14.7. The lowest BCUT2D eigenvalue weighted by Crippen LogP contribution is -2.46. The van der Waals surface area contributed by atoms with Gasteiger partial charge in [0.15, 0.2) is 0 Å². The van der Waals surface area contributed by atoms with Crippen LogP contribution < -0.4 is 38.2 Å². The number of anilines is 3. The third kappa shape index (κ3) is 15.1. The number of amides is 2. The number of nitrogens with zero attached hydrogens (tertiary/aromatic N) is 2. The van der Waals surface area contributed by atoms with Gasteiger partial charge >= 0.3 is 0 Å². The number of fused-ring (bicyclic) bond motifs is 2. The van der Waals surface area contributed by atoms with Gasteiger partial charge in [-0.1, -0.05) is 166 Å². The van der Waals surface area contributed by atoms with Gasteiger partial charge in [0.1, 0.15) is 122 Å². The highest BCUT2D eigenvalue weighted by atomic mass is 16.6. The second-order valence-corrected chi connectivity index (χ2v) is 30.2. The van der Waals surface area contributed by atoms with E-state index < -0.39 is 11.0 Å². The molecule has 16 nitrogen and oxygen atoms in total. The summed E-state index contributed by atoms with van der Waals surface area (Å²) in [5.41, 5.74) is 9.91. The molecule has 2 amide bonds. The van der Waals surface area contributed by atoms with Crippen molar-refractivity contribution in [2.24, 2.45) is 11.3 Å². The monoisotopic (exact) mass is 1430 g/mol. The Morgan fingerprint density at radius 3 is 1.04 bits per heavy atom. The minimum atomic E-state index is -1.04. The minimum Gasteiger partial charge on any atom is -0.491 e. The van der Waals surface area contributed by atoms with Crippen molar-refractivity contribution in [3.63, 3.8) is 0 Å². The van der Waals surface area contributed by atoms with E-state index >= 15 is 0 Å². The lowest BCUT2D eigenvalue weighted by Gasteiger charge is -2.48. The normalized spacial score (nSPS) is 25.5. The van der Waals surface area contributed by atoms with Gasteiger partial charge < -0.3 is 56.8 Å². The molecule has 7 atom stereocenters. The Labute approximate surface area is 624 Å². The van der Waals surface area contributed by atoms with Crippen molar-refractivity contribution >= 4 is 28.9 Å². The minimum absolute atomic E-state index is 0.00255. The lowest BCUT2D eigenvalue weighted by molar-refractivity contribution is -0.120. The molecule has 19 rings (SSSR count). The molecule has 16 heteroatoms. The van der Waals surface area contributed by atoms with E-state index in [-0.39, 0.29) is 59.3 Å². The highest BCUT2D eigenvalue weighted by molar-refractivity contribution is 6.17. The Kier molecular flexibility index (Phi) is 19.4. The molecule has 7 fully saturated rings. The molecule has 0 radical (unpaired) electrons. The Bertz CT molecular complexity index is 4530. The zero-order chi connectivity index (χ0) is 72.5. The van der Waals surface area contributed by atoms with Gasteiger partial charge in [-0.05, 0) is 179 Å². The van der Waals surface area contributed by atoms with Crippen LogP contribution in [0.3, 0.4) is 0 Å². The third-order valence-electron chi connectivity index (χ3n) is 21.5. The van der Waals surface area contributed by atoms with Crippen molar-refractivity contribution in [1.82, 2.24) is 0 Å². The van der Waals surface area contributed by atoms with E-state index in [0.29, 0.717) is 51.1 Å². The van der Waals surface area contributed by atoms with Crippen LogP contribution in [-0.2, 0) is 49.6 Å². The molecule has 0 N–H and O–H groups in total. The molecule has 10 aromatic rings. The maximum Gasteiger partial charge on any atom is 0.260 e. The highest BCUT2D eigenvalue weighted by Gasteiger charge is 2.55. The third-order valence-corrected chi connectivity index (χ3v) is 21.5. The molecule has 0 bridgehead atoms. The van der Waals surface area contributed by atoms with Gasteiger partial charge in [-0.3, -0.25) is 19.4 Å². The van der Waals surface area contributed by atoms with Crippen LogP contribution in [0, 0.1) is 11.3 Å². The van der Waals surface area contributed by atoms with Gasteiger partial charge in [-0.15, -0.1) is 0 Å². The summed E-state index contributed by atoms with van der Waals surface area (Å²) in [4.78, 5) is 32.6. The predicted octanol–water partition coefficient (Wildman–Crippen LogP) is 15.8. The van der Waals surface area contributed by atoms with Gasteiger partial charge in [0.25, 0.3) is 11.8 Å². The second-order valence-electron chi connectivity index (χ2n) is 30.2. The van der Waals surface area contributed by atoms with Gasteiger partial charge in [-0.2, -0.15) is 0 Å². The van der Waals surface area contributed by atoms with Crippen LogP contribution in [0.15, 0.2) is 255 Å². The van der Waals surface area contributed by atoms with Crippen LogP contribution in [-0.4, -0.2) is 128 Å². The topological polar surface area (TPSA) is 171 Å². The first-order valence-corrected chi connectivity index (χ1v) is 37.5. The number of epoxide rings is 6. The Morgan fingerprint density at radius 2 is 0.673 bits per heavy atom. The molecule has 8 aliphatic heterocycles. The van der Waals surface area contributed by atoms with Gasteiger partial charge in [0, 0.05) is 27.9 Å². The molecule has 1 saturated carbocycles. The van der Waals surface area contributed by atoms with Crippen LogP contribution in [0.5, 0.6) is 34.5 Å². The van der Waals surface area contributed by atoms with Crippen molar-refractivity contribution in [2.75, 3.05) is 89.1 Å². The van der Waals surface area contributed by atoms with E-state index in [4.69, 9.17) is 56.8 Å². The molecule has 8 heterocycles. The average Bonchev–Trinajstić information content (AvgIpc) is 1.55. The van der Waals surface area contributed by atoms with E-state index in [0.717, 1.165) is 137 Å². The van der Waals surface area contributed by atoms with Gasteiger partial charge in [0.05, 0.1) is 45.3 Å². The molecule has 0 aromatic heterocycles. The summed E-state index contributed by atoms with van der Waals surface area (Å²) < 4.78 is 67.0. The number of ether oxygens (including phenoxy) is 12. The fourth-order valence-electron chi connectivity index (χ4n) is 16.2. The summed E-state index contributed by atoms with van der Waals surface area (Å²) in [6.07, 6.45) is 4.82. The zero-order valence-corrected chi connectivity index (χ0v) is 60.5. The number of benzene rings is 10. The van der Waals surface area contributed by atoms with Gasteiger partial charge in [-0.25, -0.2) is 0 Å². The first-order chi connectivity index (χ1) is 52.4. The lowest BCUT2D eigenvalue weighted by atomic mass is 9.55. The SMILES string of the molecule is CC1CC(C)(C)CC(c2ccc(OCC3CO3)cc2)(c2ccc(OCC3CO3)cc2)C1.O=C1N(c2ccccc2)c2ccccc2C1(c1ccc(OCC2CO2)cc1)c1ccc(OCC2CO2)cc1.O=C1c2ccccc2C(c2ccc(OCC3CO3)cc2)(c2ccc(OCC3CO3)cc2)N1c1ccccc1. The summed E-state index contributed by atoms with van der Waals surface area (Å²) in [7, 11) is 0. The summed E-state index contributed by atoms with van der Waals surface area (Å²) in [6, 6.07) is 85.1. The fourth-order valence-corrected chi connectivity index (χ4v) is 16.2. The molecule has 0 spiro atoms. The van der Waals surface area contributed by atoms with Crippen molar-refractivity contribution in [3.05, 3.63) is 305 Å². The second kappa shape index (κ2) is 29.8. The standard InChI is InChI=1S/2C32H27NO5.C27H34O4/c34-31-32(22-10-14-25(15-11-22)35-18-27-20-37-27,23-12-16-26(17-13-23)36-19-28-21-38-28)29-8-4-5-9-30(29)33(31)24-6-2-1-3-7-24;34-31-29-8-4-5-9-30(29)32(33(31)24-6-2-1-3-7-24,22-10-14-25(15-11-22)35-18-27-20-37-27)23-12-16-26(17-13-23)36-19-28-21-38-28;1-19-12-26(2,3)18-27(13-19,20-4-8-22(9-5-20)28-14-24-16-30-24)21-6-10-23(11-7-21)29-15-25-17-31-25/h2*1-17,27-28H,18-21H2;4-11,19,24-25H,12-18H2,1-3H3. The molecular weight excluding hydrogens is 1350 g/mol. The Hall–Kier alpha value is -10.3. The number of carbonyl (C=O) groups is 2. The van der Waals surface area contributed by atoms with Crippen LogP contribution >= 0.6 is 0 Å². The predicted molar refractivity (Wildman–Crippen MR) is 407 cm³/mol. The van der Waals surface area contributed by atoms with Crippen LogP contribution in [0.4, 0.5) is 17.1 Å². The van der Waals surface area contributed by atoms with Crippen molar-refractivity contribution in [3.8, 4) is 34.5 Å². The van der Waals surface area contributed by atoms with Crippen molar-refractivity contribution in [1.29, 1.82) is 0 Å². The van der Waals surface area contributed by atoms with Crippen LogP contribution in [0.1, 0.15) is 94.9 Å². The fraction of sp³-hybridized carbons (Fsp3) is 0.319. The zero-order valence-electron chi connectivity index (χ0n) is 60.5. The van der Waals surface area contributed by atoms with E-state index in [1.165, 1.54) is 17.5 Å². The molecule has 107 heavy (non-hydrogen) atoms. The summed E-state index contributed by atoms with van der Waals surface area (Å²) >= 11 is 0. The van der Waals surface area contributed by atoms with Crippen molar-refractivity contribution in [2.45, 2.75) is 93.0 Å². The number of carbonyl (C=O) groups excluding carboxylic acids is 2. The molecule has 9 aliphatic rings. The molecule has 1 aliphatic carbocycles. The van der Waals surface area contributed by atoms with E-state index in [1.54, 1.807) is 0 Å². The van der Waals surface area contributed by atoms with Crippen molar-refractivity contribution < 1.29 is 66.4 Å². The number of rotatable bonds is 26. The van der Waals surface area contributed by atoms with Crippen LogP contribution in [0.25, 0.3) is 0 Å². The Morgan fingerprint density at radius 1 is 0.355 bits per heavy atom. The summed E-state index contributed by atoms with van der Waals surface area (Å²) in [6.45, 7) is 15.3. The number of hydrogen-bond donors (Lipinski definition) is 0. The largest absolute Gasteiger partial charge is 0.491 e. The quantitative estimate of drug-likeness (QED) is 0.0469. The first-order valence-electron chi connectivity index (χ1n) is 37.5. The summed E-state index contributed by atoms with van der Waals surface area (Å²) in [5.74, 6) is 5.49. The summed E-state index contributed by atoms with van der Waals surface area (Å²) in [5, 5.41) is 0. The number of hydrogen-bond acceptors (Lipinski definition) is 14. The molecule has 6 saturated heterocycles. The average molecular weight is 1430 g/mol. The maximum absolute atomic E-state index is 14.7. The highest BCUT2D eigenvalue weighted by Crippen LogP contribution is 2.56. The molecular formula is C91H88N2O14. The van der Waals surface area contributed by atoms with Crippen LogP contribution in [0.2, 0.25) is 0 Å².